The van der Waals surface area contributed by atoms with Gasteiger partial charge in [0.1, 0.15) is 0 Å². The molecule has 0 radical (unpaired) electrons. The lowest BCUT2D eigenvalue weighted by atomic mass is 10.1. The van der Waals surface area contributed by atoms with Crippen LogP contribution in [0.1, 0.15) is 24.2 Å². The third-order valence-corrected chi connectivity index (χ3v) is 4.89. The highest BCUT2D eigenvalue weighted by Crippen LogP contribution is 2.37. The van der Waals surface area contributed by atoms with Gasteiger partial charge < -0.3 is 0 Å². The van der Waals surface area contributed by atoms with Crippen molar-refractivity contribution in [2.24, 2.45) is 5.84 Å². The number of halogens is 2. The zero-order chi connectivity index (χ0) is 12.4. The number of nitrogens with two attached hydrogens (primary N) is 1. The zero-order valence-corrected chi connectivity index (χ0v) is 13.1. The third kappa shape index (κ3) is 2.63. The molecule has 0 spiro atoms. The average Bonchev–Trinajstić information content (AvgIpc) is 2.88. The SMILES string of the molecule is CCn1nccc1C(NN)c1cc(Br)sc1Br. The average molecular weight is 380 g/mol. The second-order valence-electron chi connectivity index (χ2n) is 3.45. The van der Waals surface area contributed by atoms with Crippen LogP contribution in [-0.4, -0.2) is 9.78 Å². The van der Waals surface area contributed by atoms with E-state index in [1.54, 1.807) is 17.5 Å². The van der Waals surface area contributed by atoms with Crippen molar-refractivity contribution in [1.82, 2.24) is 15.2 Å². The van der Waals surface area contributed by atoms with Gasteiger partial charge in [0.2, 0.25) is 0 Å². The lowest BCUT2D eigenvalue weighted by Crippen LogP contribution is -2.30. The fourth-order valence-electron chi connectivity index (χ4n) is 1.74. The minimum atomic E-state index is -0.0608. The van der Waals surface area contributed by atoms with Crippen LogP contribution in [0.3, 0.4) is 0 Å². The summed E-state index contributed by atoms with van der Waals surface area (Å²) < 4.78 is 4.07. The smallest absolute Gasteiger partial charge is 0.0897 e. The fourth-order valence-corrected chi connectivity index (χ4v) is 4.64. The maximum absolute atomic E-state index is 5.68. The molecule has 1 unspecified atom stereocenters. The molecule has 17 heavy (non-hydrogen) atoms. The summed E-state index contributed by atoms with van der Waals surface area (Å²) in [5.74, 6) is 5.68. The van der Waals surface area contributed by atoms with E-state index in [-0.39, 0.29) is 6.04 Å². The molecule has 0 aromatic carbocycles. The van der Waals surface area contributed by atoms with Gasteiger partial charge >= 0.3 is 0 Å². The number of thiophene rings is 1. The summed E-state index contributed by atoms with van der Waals surface area (Å²) in [5.41, 5.74) is 5.01. The maximum atomic E-state index is 5.68. The highest BCUT2D eigenvalue weighted by molar-refractivity contribution is 9.12. The molecule has 0 saturated carbocycles. The first-order valence-corrected chi connectivity index (χ1v) is 7.50. The van der Waals surface area contributed by atoms with Crippen molar-refractivity contribution in [1.29, 1.82) is 0 Å². The fraction of sp³-hybridized carbons (Fsp3) is 0.300. The van der Waals surface area contributed by atoms with E-state index < -0.39 is 0 Å². The number of nitrogens with one attached hydrogen (secondary N) is 1. The summed E-state index contributed by atoms with van der Waals surface area (Å²) in [7, 11) is 0. The Kier molecular flexibility index (Phi) is 4.37. The van der Waals surface area contributed by atoms with Crippen LogP contribution in [-0.2, 0) is 6.54 Å². The first kappa shape index (κ1) is 13.2. The van der Waals surface area contributed by atoms with Gasteiger partial charge in [0.05, 0.1) is 19.3 Å². The summed E-state index contributed by atoms with van der Waals surface area (Å²) >= 11 is 8.66. The normalized spacial score (nSPS) is 12.9. The molecule has 0 aliphatic rings. The highest BCUT2D eigenvalue weighted by atomic mass is 79.9. The van der Waals surface area contributed by atoms with Gasteiger partial charge in [-0.2, -0.15) is 5.10 Å². The van der Waals surface area contributed by atoms with Gasteiger partial charge in [0.15, 0.2) is 0 Å². The van der Waals surface area contributed by atoms with Crippen molar-refractivity contribution in [2.45, 2.75) is 19.5 Å². The van der Waals surface area contributed by atoms with E-state index in [0.717, 1.165) is 25.4 Å². The van der Waals surface area contributed by atoms with Crippen molar-refractivity contribution < 1.29 is 0 Å². The molecule has 2 heterocycles. The number of rotatable bonds is 4. The molecular formula is C10H12Br2N4S. The Balaban J connectivity index is 2.43. The van der Waals surface area contributed by atoms with E-state index in [1.165, 1.54) is 0 Å². The van der Waals surface area contributed by atoms with Crippen LogP contribution in [0.15, 0.2) is 25.9 Å². The topological polar surface area (TPSA) is 55.9 Å². The molecular weight excluding hydrogens is 368 g/mol. The van der Waals surface area contributed by atoms with Crippen molar-refractivity contribution >= 4 is 43.2 Å². The lowest BCUT2D eigenvalue weighted by molar-refractivity contribution is 0.543. The molecule has 92 valence electrons. The molecule has 0 fully saturated rings. The summed E-state index contributed by atoms with van der Waals surface area (Å²) in [4.78, 5) is 0. The van der Waals surface area contributed by atoms with Crippen LogP contribution in [0.5, 0.6) is 0 Å². The summed E-state index contributed by atoms with van der Waals surface area (Å²) in [6.07, 6.45) is 1.79. The molecule has 4 nitrogen and oxygen atoms in total. The third-order valence-electron chi connectivity index (χ3n) is 2.51. The summed E-state index contributed by atoms with van der Waals surface area (Å²) in [6, 6.07) is 3.98. The first-order valence-electron chi connectivity index (χ1n) is 5.10. The monoisotopic (exact) mass is 378 g/mol. The maximum Gasteiger partial charge on any atom is 0.0897 e. The van der Waals surface area contributed by atoms with E-state index in [1.807, 2.05) is 10.7 Å². The summed E-state index contributed by atoms with van der Waals surface area (Å²) in [5, 5.41) is 4.26. The van der Waals surface area contributed by atoms with Crippen LogP contribution in [0.2, 0.25) is 0 Å². The Hall–Kier alpha value is -0.210. The zero-order valence-electron chi connectivity index (χ0n) is 9.15. The van der Waals surface area contributed by atoms with Crippen molar-refractivity contribution in [3.05, 3.63) is 37.2 Å². The lowest BCUT2D eigenvalue weighted by Gasteiger charge is -2.16. The van der Waals surface area contributed by atoms with E-state index >= 15 is 0 Å². The van der Waals surface area contributed by atoms with E-state index in [4.69, 9.17) is 5.84 Å². The van der Waals surface area contributed by atoms with Crippen molar-refractivity contribution in [3.8, 4) is 0 Å². The Labute approximate surface area is 120 Å². The van der Waals surface area contributed by atoms with Crippen LogP contribution in [0.25, 0.3) is 0 Å². The number of nitrogens with zero attached hydrogens (tertiary/aromatic N) is 2. The van der Waals surface area contributed by atoms with Crippen LogP contribution in [0.4, 0.5) is 0 Å². The Morgan fingerprint density at radius 3 is 2.88 bits per heavy atom. The van der Waals surface area contributed by atoms with Gasteiger partial charge in [0, 0.05) is 18.3 Å². The molecule has 0 aliphatic heterocycles. The Morgan fingerprint density at radius 1 is 1.59 bits per heavy atom. The first-order chi connectivity index (χ1) is 8.17. The van der Waals surface area contributed by atoms with Gasteiger partial charge in [-0.1, -0.05) is 0 Å². The molecule has 0 bridgehead atoms. The second kappa shape index (κ2) is 5.62. The quantitative estimate of drug-likeness (QED) is 0.634. The molecule has 3 N–H and O–H groups in total. The Morgan fingerprint density at radius 2 is 2.35 bits per heavy atom. The molecule has 0 amide bonds. The minimum absolute atomic E-state index is 0.0608. The largest absolute Gasteiger partial charge is 0.271 e. The molecule has 7 heteroatoms. The van der Waals surface area contributed by atoms with Gasteiger partial charge in [-0.05, 0) is 50.9 Å². The standard InChI is InChI=1S/C10H12Br2N4S/c1-2-16-7(3-4-14-16)9(15-13)6-5-8(11)17-10(6)12/h3-5,9,15H,2,13H2,1H3. The predicted molar refractivity (Wildman–Crippen MR) is 76.8 cm³/mol. The second-order valence-corrected chi connectivity index (χ2v) is 7.20. The highest BCUT2D eigenvalue weighted by Gasteiger charge is 2.20. The molecule has 2 rings (SSSR count). The minimum Gasteiger partial charge on any atom is -0.271 e. The van der Waals surface area contributed by atoms with Gasteiger partial charge in [-0.3, -0.25) is 10.5 Å². The number of hydrogen-bond donors (Lipinski definition) is 2. The molecule has 2 aromatic rings. The number of aromatic nitrogens is 2. The number of hydrogen-bond acceptors (Lipinski definition) is 4. The molecule has 1 atom stereocenters. The predicted octanol–water partition coefficient (Wildman–Crippen LogP) is 3.04. The van der Waals surface area contributed by atoms with Crippen LogP contribution in [0, 0.1) is 0 Å². The molecule has 0 aliphatic carbocycles. The van der Waals surface area contributed by atoms with E-state index in [0.29, 0.717) is 0 Å². The van der Waals surface area contributed by atoms with E-state index in [9.17, 15) is 0 Å². The Bertz CT molecular complexity index is 508. The van der Waals surface area contributed by atoms with Gasteiger partial charge in [-0.15, -0.1) is 11.3 Å². The molecule has 2 aromatic heterocycles. The van der Waals surface area contributed by atoms with Crippen molar-refractivity contribution in [3.63, 3.8) is 0 Å². The van der Waals surface area contributed by atoms with Crippen LogP contribution < -0.4 is 11.3 Å². The van der Waals surface area contributed by atoms with Gasteiger partial charge in [0.25, 0.3) is 0 Å². The number of hydrazine groups is 1. The van der Waals surface area contributed by atoms with E-state index in [2.05, 4.69) is 55.4 Å². The van der Waals surface area contributed by atoms with Gasteiger partial charge in [-0.25, -0.2) is 5.43 Å². The molecule has 0 saturated heterocycles. The van der Waals surface area contributed by atoms with Crippen LogP contribution >= 0.6 is 43.2 Å². The summed E-state index contributed by atoms with van der Waals surface area (Å²) in [6.45, 7) is 2.88. The van der Waals surface area contributed by atoms with Crippen molar-refractivity contribution in [2.75, 3.05) is 0 Å². The number of aryl methyl sites for hydroxylation is 1.